The van der Waals surface area contributed by atoms with E-state index in [1.165, 1.54) is 6.92 Å². The molecule has 1 heterocycles. The molecular formula is C8H13N3O6. The molecule has 0 bridgehead atoms. The molecule has 0 aromatic rings. The van der Waals surface area contributed by atoms with Gasteiger partial charge in [0.15, 0.2) is 6.23 Å². The second-order valence-electron chi connectivity index (χ2n) is 3.54. The maximum Gasteiger partial charge on any atom is 0.302 e. The van der Waals surface area contributed by atoms with E-state index in [-0.39, 0.29) is 6.61 Å². The minimum Gasteiger partial charge on any atom is -0.463 e. The fourth-order valence-corrected chi connectivity index (χ4v) is 1.41. The number of rotatable bonds is 3. The van der Waals surface area contributed by atoms with Gasteiger partial charge in [0.1, 0.15) is 31.0 Å². The lowest BCUT2D eigenvalue weighted by Gasteiger charge is -2.38. The van der Waals surface area contributed by atoms with Gasteiger partial charge in [0.25, 0.3) is 0 Å². The number of carbonyl (C=O) groups excluding carboxylic acids is 1. The van der Waals surface area contributed by atoms with Crippen molar-refractivity contribution in [1.29, 1.82) is 0 Å². The lowest BCUT2D eigenvalue weighted by Crippen LogP contribution is -2.58. The molecule has 0 unspecified atom stereocenters. The van der Waals surface area contributed by atoms with Crippen LogP contribution < -0.4 is 0 Å². The summed E-state index contributed by atoms with van der Waals surface area (Å²) in [6.45, 7) is 0.864. The summed E-state index contributed by atoms with van der Waals surface area (Å²) in [6, 6.07) is 0. The quantitative estimate of drug-likeness (QED) is 0.244. The second kappa shape index (κ2) is 5.80. The van der Waals surface area contributed by atoms with Crippen molar-refractivity contribution in [3.8, 4) is 0 Å². The Balaban J connectivity index is 2.70. The van der Waals surface area contributed by atoms with Crippen molar-refractivity contribution in [2.24, 2.45) is 5.11 Å². The van der Waals surface area contributed by atoms with E-state index in [0.717, 1.165) is 0 Å². The Labute approximate surface area is 96.2 Å². The first-order chi connectivity index (χ1) is 7.97. The van der Waals surface area contributed by atoms with Crippen LogP contribution in [0.2, 0.25) is 0 Å². The highest BCUT2D eigenvalue weighted by atomic mass is 16.6. The average molecular weight is 247 g/mol. The number of carbonyl (C=O) groups is 1. The van der Waals surface area contributed by atoms with Crippen LogP contribution in [0, 0.1) is 0 Å². The van der Waals surface area contributed by atoms with Crippen LogP contribution in [0.15, 0.2) is 5.11 Å². The zero-order valence-electron chi connectivity index (χ0n) is 9.00. The molecule has 96 valence electrons. The molecule has 0 spiro atoms. The molecule has 0 radical (unpaired) electrons. The van der Waals surface area contributed by atoms with Gasteiger partial charge in [-0.2, -0.15) is 0 Å². The van der Waals surface area contributed by atoms with E-state index < -0.39 is 36.6 Å². The van der Waals surface area contributed by atoms with Gasteiger partial charge in [-0.25, -0.2) is 0 Å². The third-order valence-electron chi connectivity index (χ3n) is 2.30. The van der Waals surface area contributed by atoms with Crippen molar-refractivity contribution in [2.75, 3.05) is 6.61 Å². The lowest BCUT2D eigenvalue weighted by atomic mass is 9.99. The molecule has 1 aliphatic heterocycles. The molecule has 0 saturated carbocycles. The third kappa shape index (κ3) is 3.29. The molecule has 0 aromatic heterocycles. The molecule has 9 nitrogen and oxygen atoms in total. The van der Waals surface area contributed by atoms with E-state index in [1.807, 2.05) is 0 Å². The summed E-state index contributed by atoms with van der Waals surface area (Å²) in [5.41, 5.74) is 8.23. The van der Waals surface area contributed by atoms with Gasteiger partial charge < -0.3 is 24.8 Å². The Morgan fingerprint density at radius 1 is 1.41 bits per heavy atom. The van der Waals surface area contributed by atoms with E-state index >= 15 is 0 Å². The molecule has 1 aliphatic rings. The number of hydrogen-bond acceptors (Lipinski definition) is 7. The van der Waals surface area contributed by atoms with Crippen molar-refractivity contribution in [3.05, 3.63) is 10.4 Å². The van der Waals surface area contributed by atoms with Gasteiger partial charge in [0.05, 0.1) is 0 Å². The molecule has 0 aliphatic carbocycles. The topological polar surface area (TPSA) is 145 Å². The van der Waals surface area contributed by atoms with Crippen LogP contribution in [-0.4, -0.2) is 58.5 Å². The Morgan fingerprint density at radius 3 is 2.59 bits per heavy atom. The molecule has 0 amide bonds. The molecule has 1 saturated heterocycles. The molecule has 5 atom stereocenters. The van der Waals surface area contributed by atoms with Gasteiger partial charge in [-0.1, -0.05) is 5.11 Å². The minimum absolute atomic E-state index is 0.308. The molecule has 9 heteroatoms. The summed E-state index contributed by atoms with van der Waals surface area (Å²) in [7, 11) is 0. The van der Waals surface area contributed by atoms with Crippen LogP contribution in [0.25, 0.3) is 10.4 Å². The predicted molar refractivity (Wildman–Crippen MR) is 52.5 cm³/mol. The first kappa shape index (κ1) is 13.7. The smallest absolute Gasteiger partial charge is 0.302 e. The van der Waals surface area contributed by atoms with Crippen molar-refractivity contribution in [3.63, 3.8) is 0 Å². The van der Waals surface area contributed by atoms with E-state index in [2.05, 4.69) is 14.8 Å². The molecular weight excluding hydrogens is 234 g/mol. The number of hydrogen-bond donors (Lipinski definition) is 3. The van der Waals surface area contributed by atoms with Gasteiger partial charge in [0.2, 0.25) is 0 Å². The maximum absolute atomic E-state index is 10.6. The van der Waals surface area contributed by atoms with Crippen LogP contribution in [0.3, 0.4) is 0 Å². The summed E-state index contributed by atoms with van der Waals surface area (Å²) < 4.78 is 9.62. The minimum atomic E-state index is -1.54. The van der Waals surface area contributed by atoms with Gasteiger partial charge in [-0.15, -0.1) is 0 Å². The number of ether oxygens (including phenoxy) is 2. The van der Waals surface area contributed by atoms with Gasteiger partial charge >= 0.3 is 5.97 Å². The number of esters is 1. The van der Waals surface area contributed by atoms with Crippen molar-refractivity contribution in [2.45, 2.75) is 37.6 Å². The number of nitrogens with zero attached hydrogens (tertiary/aromatic N) is 3. The summed E-state index contributed by atoms with van der Waals surface area (Å²) >= 11 is 0. The molecule has 0 aromatic carbocycles. The Morgan fingerprint density at radius 2 is 2.06 bits per heavy atom. The second-order valence-corrected chi connectivity index (χ2v) is 3.54. The summed E-state index contributed by atoms with van der Waals surface area (Å²) in [5, 5.41) is 31.6. The van der Waals surface area contributed by atoms with E-state index in [0.29, 0.717) is 0 Å². The van der Waals surface area contributed by atoms with Crippen LogP contribution in [-0.2, 0) is 14.3 Å². The van der Waals surface area contributed by atoms with Gasteiger partial charge in [0, 0.05) is 11.8 Å². The van der Waals surface area contributed by atoms with Crippen LogP contribution >= 0.6 is 0 Å². The SMILES string of the molecule is CC(=O)OC[C@H]1O[C@@H](N=[N+]=[N-])[C@@H](O)[C@@H](O)[C@H]1O. The lowest BCUT2D eigenvalue weighted by molar-refractivity contribution is -0.229. The van der Waals surface area contributed by atoms with Gasteiger partial charge in [-0.3, -0.25) is 4.79 Å². The van der Waals surface area contributed by atoms with Crippen molar-refractivity contribution < 1.29 is 29.6 Å². The summed E-state index contributed by atoms with van der Waals surface area (Å²) in [5.74, 6) is -0.582. The standard InChI is InChI=1S/C8H13N3O6/c1-3(12)16-2-4-5(13)6(14)7(15)8(17-4)10-11-9/h4-8,13-15H,2H2,1H3/t4-,5+,6+,7+,8-/m1/s1. The highest BCUT2D eigenvalue weighted by molar-refractivity contribution is 5.65. The van der Waals surface area contributed by atoms with Crippen molar-refractivity contribution in [1.82, 2.24) is 0 Å². The molecule has 3 N–H and O–H groups in total. The predicted octanol–water partition coefficient (Wildman–Crippen LogP) is -1.33. The van der Waals surface area contributed by atoms with E-state index in [1.54, 1.807) is 0 Å². The van der Waals surface area contributed by atoms with E-state index in [4.69, 9.17) is 10.3 Å². The first-order valence-corrected chi connectivity index (χ1v) is 4.84. The highest BCUT2D eigenvalue weighted by Gasteiger charge is 2.43. The zero-order chi connectivity index (χ0) is 13.0. The number of aliphatic hydroxyl groups excluding tert-OH is 3. The van der Waals surface area contributed by atoms with Crippen molar-refractivity contribution >= 4 is 5.97 Å². The Bertz CT molecular complexity index is 331. The zero-order valence-corrected chi connectivity index (χ0v) is 9.00. The van der Waals surface area contributed by atoms with Crippen LogP contribution in [0.1, 0.15) is 6.92 Å². The fraction of sp³-hybridized carbons (Fsp3) is 0.875. The average Bonchev–Trinajstić information content (AvgIpc) is 2.28. The molecule has 1 fully saturated rings. The number of aliphatic hydroxyl groups is 3. The Hall–Kier alpha value is -1.38. The summed E-state index contributed by atoms with van der Waals surface area (Å²) in [4.78, 5) is 13.0. The number of azide groups is 1. The summed E-state index contributed by atoms with van der Waals surface area (Å²) in [6.07, 6.45) is -6.91. The first-order valence-electron chi connectivity index (χ1n) is 4.84. The fourth-order valence-electron chi connectivity index (χ4n) is 1.41. The normalized spacial score (nSPS) is 37.1. The highest BCUT2D eigenvalue weighted by Crippen LogP contribution is 2.22. The van der Waals surface area contributed by atoms with E-state index in [9.17, 15) is 20.1 Å². The maximum atomic E-state index is 10.6. The molecule has 1 rings (SSSR count). The largest absolute Gasteiger partial charge is 0.463 e. The van der Waals surface area contributed by atoms with Gasteiger partial charge in [-0.05, 0) is 5.53 Å². The Kier molecular flexibility index (Phi) is 4.67. The van der Waals surface area contributed by atoms with Crippen LogP contribution in [0.4, 0.5) is 0 Å². The molecule has 17 heavy (non-hydrogen) atoms. The monoisotopic (exact) mass is 247 g/mol. The van der Waals surface area contributed by atoms with Crippen LogP contribution in [0.5, 0.6) is 0 Å². The third-order valence-corrected chi connectivity index (χ3v) is 2.30.